The van der Waals surface area contributed by atoms with E-state index in [4.69, 9.17) is 4.74 Å². The molecular weight excluding hydrogens is 376 g/mol. The zero-order valence-corrected chi connectivity index (χ0v) is 17.7. The van der Waals surface area contributed by atoms with E-state index in [9.17, 15) is 9.59 Å². The van der Waals surface area contributed by atoms with Crippen LogP contribution in [0.1, 0.15) is 54.9 Å². The van der Waals surface area contributed by atoms with Gasteiger partial charge in [-0.05, 0) is 73.4 Å². The van der Waals surface area contributed by atoms with Gasteiger partial charge in [-0.25, -0.2) is 0 Å². The summed E-state index contributed by atoms with van der Waals surface area (Å²) in [5.41, 5.74) is 4.90. The SMILES string of the molecule is C[C@H](Oc1ccc2c(c1)CCCC2)C(=O)NCc1ccc(CN2CCCC2=O)cc1. The van der Waals surface area contributed by atoms with Crippen molar-refractivity contribution in [3.63, 3.8) is 0 Å². The van der Waals surface area contributed by atoms with Crippen LogP contribution in [0.5, 0.6) is 5.75 Å². The van der Waals surface area contributed by atoms with Crippen LogP contribution in [0.4, 0.5) is 0 Å². The molecule has 2 amide bonds. The number of fused-ring (bicyclic) bond motifs is 1. The first-order valence-corrected chi connectivity index (χ1v) is 11.0. The van der Waals surface area contributed by atoms with Crippen molar-refractivity contribution in [1.29, 1.82) is 0 Å². The Balaban J connectivity index is 1.26. The standard InChI is InChI=1S/C25H30N2O3/c1-18(30-23-13-12-21-5-2-3-6-22(21)15-23)25(29)26-16-19-8-10-20(11-9-19)17-27-14-4-7-24(27)28/h8-13,15,18H,2-7,14,16-17H2,1H3,(H,26,29)/t18-/m0/s1. The molecule has 0 spiro atoms. The average Bonchev–Trinajstić information content (AvgIpc) is 3.17. The molecule has 0 aromatic heterocycles. The van der Waals surface area contributed by atoms with Crippen molar-refractivity contribution < 1.29 is 14.3 Å². The largest absolute Gasteiger partial charge is 0.481 e. The Hall–Kier alpha value is -2.82. The van der Waals surface area contributed by atoms with E-state index < -0.39 is 6.10 Å². The number of nitrogens with zero attached hydrogens (tertiary/aromatic N) is 1. The van der Waals surface area contributed by atoms with Gasteiger partial charge in [0.15, 0.2) is 6.10 Å². The van der Waals surface area contributed by atoms with Gasteiger partial charge in [0.2, 0.25) is 5.91 Å². The van der Waals surface area contributed by atoms with E-state index >= 15 is 0 Å². The highest BCUT2D eigenvalue weighted by molar-refractivity contribution is 5.80. The molecule has 1 heterocycles. The number of hydrogen-bond acceptors (Lipinski definition) is 3. The third-order valence-corrected chi connectivity index (χ3v) is 6.04. The van der Waals surface area contributed by atoms with Crippen molar-refractivity contribution in [3.8, 4) is 5.75 Å². The number of ether oxygens (including phenoxy) is 1. The molecule has 4 rings (SSSR count). The number of rotatable bonds is 7. The highest BCUT2D eigenvalue weighted by Crippen LogP contribution is 2.26. The van der Waals surface area contributed by atoms with Crippen LogP contribution < -0.4 is 10.1 Å². The highest BCUT2D eigenvalue weighted by atomic mass is 16.5. The van der Waals surface area contributed by atoms with Gasteiger partial charge in [0.05, 0.1) is 0 Å². The molecule has 0 unspecified atom stereocenters. The van der Waals surface area contributed by atoms with Gasteiger partial charge in [0.25, 0.3) is 5.91 Å². The van der Waals surface area contributed by atoms with Crippen LogP contribution in [0.2, 0.25) is 0 Å². The number of carbonyl (C=O) groups excluding carboxylic acids is 2. The van der Waals surface area contributed by atoms with E-state index in [1.54, 1.807) is 6.92 Å². The number of hydrogen-bond donors (Lipinski definition) is 1. The lowest BCUT2D eigenvalue weighted by molar-refractivity contribution is -0.128. The summed E-state index contributed by atoms with van der Waals surface area (Å²) in [7, 11) is 0. The van der Waals surface area contributed by atoms with Gasteiger partial charge in [-0.3, -0.25) is 9.59 Å². The molecule has 1 fully saturated rings. The number of benzene rings is 2. The minimum absolute atomic E-state index is 0.125. The van der Waals surface area contributed by atoms with Gasteiger partial charge >= 0.3 is 0 Å². The zero-order chi connectivity index (χ0) is 20.9. The first-order valence-electron chi connectivity index (χ1n) is 11.0. The van der Waals surface area contributed by atoms with Crippen LogP contribution >= 0.6 is 0 Å². The first kappa shape index (κ1) is 20.5. The number of carbonyl (C=O) groups is 2. The molecule has 2 aliphatic rings. The quantitative estimate of drug-likeness (QED) is 0.761. The van der Waals surface area contributed by atoms with Crippen LogP contribution in [-0.4, -0.2) is 29.4 Å². The molecule has 5 nitrogen and oxygen atoms in total. The van der Waals surface area contributed by atoms with Crippen molar-refractivity contribution in [1.82, 2.24) is 10.2 Å². The predicted octanol–water partition coefficient (Wildman–Crippen LogP) is 3.77. The van der Waals surface area contributed by atoms with Crippen molar-refractivity contribution in [2.45, 2.75) is 64.6 Å². The van der Waals surface area contributed by atoms with Crippen molar-refractivity contribution >= 4 is 11.8 Å². The van der Waals surface area contributed by atoms with Crippen LogP contribution in [-0.2, 0) is 35.5 Å². The Morgan fingerprint density at radius 2 is 1.73 bits per heavy atom. The second-order valence-corrected chi connectivity index (χ2v) is 8.35. The Kier molecular flexibility index (Phi) is 6.36. The fourth-order valence-electron chi connectivity index (χ4n) is 4.23. The Bertz CT molecular complexity index is 907. The summed E-state index contributed by atoms with van der Waals surface area (Å²) in [4.78, 5) is 26.1. The Labute approximate surface area is 178 Å². The lowest BCUT2D eigenvalue weighted by Gasteiger charge is -2.19. The minimum Gasteiger partial charge on any atom is -0.481 e. The van der Waals surface area contributed by atoms with Crippen LogP contribution in [0.3, 0.4) is 0 Å². The third-order valence-electron chi connectivity index (χ3n) is 6.04. The average molecular weight is 407 g/mol. The number of aryl methyl sites for hydroxylation is 2. The van der Waals surface area contributed by atoms with Crippen molar-refractivity contribution in [2.24, 2.45) is 0 Å². The fourth-order valence-corrected chi connectivity index (χ4v) is 4.23. The zero-order valence-electron chi connectivity index (χ0n) is 17.7. The molecule has 1 saturated heterocycles. The molecule has 2 aromatic rings. The van der Waals surface area contributed by atoms with E-state index in [1.165, 1.54) is 24.0 Å². The van der Waals surface area contributed by atoms with Gasteiger partial charge < -0.3 is 15.0 Å². The summed E-state index contributed by atoms with van der Waals surface area (Å²) < 4.78 is 5.88. The first-order chi connectivity index (χ1) is 14.6. The molecule has 30 heavy (non-hydrogen) atoms. The second-order valence-electron chi connectivity index (χ2n) is 8.35. The Morgan fingerprint density at radius 1 is 1.00 bits per heavy atom. The van der Waals surface area contributed by atoms with E-state index in [0.717, 1.165) is 42.7 Å². The van der Waals surface area contributed by atoms with Crippen LogP contribution in [0.15, 0.2) is 42.5 Å². The number of amides is 2. The minimum atomic E-state index is -0.549. The maximum absolute atomic E-state index is 12.5. The van der Waals surface area contributed by atoms with Crippen molar-refractivity contribution in [3.05, 3.63) is 64.7 Å². The van der Waals surface area contributed by atoms with Gasteiger partial charge in [-0.15, -0.1) is 0 Å². The summed E-state index contributed by atoms with van der Waals surface area (Å²) in [5.74, 6) is 0.873. The molecule has 158 valence electrons. The van der Waals surface area contributed by atoms with Crippen molar-refractivity contribution in [2.75, 3.05) is 6.54 Å². The van der Waals surface area contributed by atoms with E-state index in [2.05, 4.69) is 17.4 Å². The summed E-state index contributed by atoms with van der Waals surface area (Å²) in [6.45, 7) is 3.75. The lowest BCUT2D eigenvalue weighted by atomic mass is 9.92. The number of nitrogens with one attached hydrogen (secondary N) is 1. The van der Waals surface area contributed by atoms with Crippen LogP contribution in [0.25, 0.3) is 0 Å². The van der Waals surface area contributed by atoms with Gasteiger partial charge in [-0.1, -0.05) is 30.3 Å². The maximum atomic E-state index is 12.5. The summed E-state index contributed by atoms with van der Waals surface area (Å²) in [6, 6.07) is 14.3. The third kappa shape index (κ3) is 5.02. The molecule has 1 aliphatic carbocycles. The smallest absolute Gasteiger partial charge is 0.261 e. The topological polar surface area (TPSA) is 58.6 Å². The summed E-state index contributed by atoms with van der Waals surface area (Å²) in [6.07, 6.45) is 5.77. The van der Waals surface area contributed by atoms with Gasteiger partial charge in [-0.2, -0.15) is 0 Å². The predicted molar refractivity (Wildman–Crippen MR) is 116 cm³/mol. The van der Waals surface area contributed by atoms with Gasteiger partial charge in [0.1, 0.15) is 5.75 Å². The van der Waals surface area contributed by atoms with Crippen LogP contribution in [0, 0.1) is 0 Å². The molecule has 0 saturated carbocycles. The lowest BCUT2D eigenvalue weighted by Crippen LogP contribution is -2.35. The van der Waals surface area contributed by atoms with Gasteiger partial charge in [0, 0.05) is 26.1 Å². The molecule has 2 aromatic carbocycles. The molecule has 0 bridgehead atoms. The molecular formula is C25H30N2O3. The van der Waals surface area contributed by atoms with E-state index in [-0.39, 0.29) is 11.8 Å². The van der Waals surface area contributed by atoms with E-state index in [0.29, 0.717) is 19.5 Å². The fraction of sp³-hybridized carbons (Fsp3) is 0.440. The second kappa shape index (κ2) is 9.33. The maximum Gasteiger partial charge on any atom is 0.261 e. The molecule has 1 N–H and O–H groups in total. The monoisotopic (exact) mass is 406 g/mol. The Morgan fingerprint density at radius 3 is 2.47 bits per heavy atom. The highest BCUT2D eigenvalue weighted by Gasteiger charge is 2.20. The summed E-state index contributed by atoms with van der Waals surface area (Å²) >= 11 is 0. The van der Waals surface area contributed by atoms with E-state index in [1.807, 2.05) is 35.2 Å². The molecule has 1 aliphatic heterocycles. The summed E-state index contributed by atoms with van der Waals surface area (Å²) in [5, 5.41) is 2.95. The molecule has 0 radical (unpaired) electrons. The molecule has 1 atom stereocenters. The normalized spacial score (nSPS) is 16.8. The molecule has 5 heteroatoms. The number of likely N-dealkylation sites (tertiary alicyclic amines) is 1.